The Morgan fingerprint density at radius 3 is 1.92 bits per heavy atom. The molecule has 0 radical (unpaired) electrons. The van der Waals surface area contributed by atoms with Crippen molar-refractivity contribution in [3.63, 3.8) is 0 Å². The molecule has 4 rings (SSSR count). The number of phenolic OH excluding ortho intramolecular Hbond substituents is 1. The van der Waals surface area contributed by atoms with E-state index in [9.17, 15) is 5.11 Å². The molecule has 2 aromatic carbocycles. The molecule has 1 N–H and O–H groups in total. The quantitative estimate of drug-likeness (QED) is 0.716. The molecule has 1 unspecified atom stereocenters. The first kappa shape index (κ1) is 16.3. The maximum atomic E-state index is 9.87. The number of ether oxygens (including phenoxy) is 2. The van der Waals surface area contributed by atoms with Gasteiger partial charge in [0.2, 0.25) is 0 Å². The zero-order valence-electron chi connectivity index (χ0n) is 15.6. The van der Waals surface area contributed by atoms with Gasteiger partial charge in [-0.15, -0.1) is 0 Å². The lowest BCUT2D eigenvalue weighted by atomic mass is 9.69. The van der Waals surface area contributed by atoms with Crippen LogP contribution in [-0.2, 0) is 10.8 Å². The summed E-state index contributed by atoms with van der Waals surface area (Å²) < 4.78 is 12.9. The molecule has 0 aliphatic carbocycles. The van der Waals surface area contributed by atoms with Gasteiger partial charge in [0, 0.05) is 34.8 Å². The summed E-state index contributed by atoms with van der Waals surface area (Å²) in [7, 11) is 0. The van der Waals surface area contributed by atoms with Crippen molar-refractivity contribution < 1.29 is 14.6 Å². The molecule has 0 saturated carbocycles. The van der Waals surface area contributed by atoms with Crippen molar-refractivity contribution >= 4 is 0 Å². The smallest absolute Gasteiger partial charge is 0.252 e. The number of aromatic hydroxyl groups is 1. The van der Waals surface area contributed by atoms with E-state index in [1.807, 2.05) is 12.1 Å². The molecule has 0 fully saturated rings. The van der Waals surface area contributed by atoms with Gasteiger partial charge >= 0.3 is 0 Å². The predicted octanol–water partition coefficient (Wildman–Crippen LogP) is 5.22. The van der Waals surface area contributed by atoms with Crippen LogP contribution in [0.1, 0.15) is 57.2 Å². The number of benzene rings is 2. The third kappa shape index (κ3) is 2.57. The van der Waals surface area contributed by atoms with Crippen molar-refractivity contribution in [1.29, 1.82) is 0 Å². The summed E-state index contributed by atoms with van der Waals surface area (Å²) in [6, 6.07) is 11.7. The van der Waals surface area contributed by atoms with E-state index in [2.05, 4.69) is 52.8 Å². The van der Waals surface area contributed by atoms with Crippen LogP contribution >= 0.6 is 0 Å². The highest BCUT2D eigenvalue weighted by atomic mass is 16.7. The summed E-state index contributed by atoms with van der Waals surface area (Å²) in [5, 5.41) is 9.87. The number of phenols is 1. The molecule has 3 nitrogen and oxygen atoms in total. The van der Waals surface area contributed by atoms with Crippen LogP contribution in [-0.4, -0.2) is 10.9 Å². The highest BCUT2D eigenvalue weighted by molar-refractivity contribution is 5.48. The average molecular weight is 338 g/mol. The Hall–Kier alpha value is -2.16. The average Bonchev–Trinajstić information content (AvgIpc) is 2.48. The summed E-state index contributed by atoms with van der Waals surface area (Å²) in [5.41, 5.74) is 3.34. The van der Waals surface area contributed by atoms with Gasteiger partial charge in [-0.1, -0.05) is 45.4 Å². The van der Waals surface area contributed by atoms with Crippen LogP contribution in [0.4, 0.5) is 0 Å². The van der Waals surface area contributed by atoms with Crippen molar-refractivity contribution in [1.82, 2.24) is 0 Å². The van der Waals surface area contributed by atoms with E-state index >= 15 is 0 Å². The van der Waals surface area contributed by atoms with Gasteiger partial charge < -0.3 is 14.6 Å². The Morgan fingerprint density at radius 1 is 0.800 bits per heavy atom. The molecular weight excluding hydrogens is 312 g/mol. The molecule has 0 amide bonds. The second kappa shape index (κ2) is 4.94. The van der Waals surface area contributed by atoms with Crippen LogP contribution in [0.25, 0.3) is 0 Å². The summed E-state index contributed by atoms with van der Waals surface area (Å²) in [6.45, 7) is 11.0. The lowest BCUT2D eigenvalue weighted by molar-refractivity contribution is -0.166. The van der Waals surface area contributed by atoms with Crippen molar-refractivity contribution in [3.05, 3.63) is 53.1 Å². The highest BCUT2D eigenvalue weighted by Gasteiger charge is 2.53. The number of hydrogen-bond donors (Lipinski definition) is 1. The van der Waals surface area contributed by atoms with Crippen LogP contribution in [0.2, 0.25) is 0 Å². The minimum Gasteiger partial charge on any atom is -0.508 e. The van der Waals surface area contributed by atoms with Crippen LogP contribution in [0.3, 0.4) is 0 Å². The number of fused-ring (bicyclic) bond motifs is 2. The maximum absolute atomic E-state index is 9.87. The normalized spacial score (nSPS) is 25.5. The van der Waals surface area contributed by atoms with E-state index in [4.69, 9.17) is 9.47 Å². The van der Waals surface area contributed by atoms with Gasteiger partial charge in [0.05, 0.1) is 0 Å². The zero-order chi connectivity index (χ0) is 18.0. The topological polar surface area (TPSA) is 38.7 Å². The highest BCUT2D eigenvalue weighted by Crippen LogP contribution is 2.53. The van der Waals surface area contributed by atoms with Crippen LogP contribution in [0, 0.1) is 6.92 Å². The molecule has 2 aromatic rings. The van der Waals surface area contributed by atoms with Crippen LogP contribution in [0.15, 0.2) is 36.4 Å². The minimum atomic E-state index is -0.681. The first-order valence-corrected chi connectivity index (χ1v) is 8.93. The molecule has 0 saturated heterocycles. The molecule has 2 aliphatic rings. The van der Waals surface area contributed by atoms with Gasteiger partial charge in [0.25, 0.3) is 5.79 Å². The van der Waals surface area contributed by atoms with Gasteiger partial charge in [0.15, 0.2) is 0 Å². The molecule has 25 heavy (non-hydrogen) atoms. The molecule has 1 spiro atoms. The predicted molar refractivity (Wildman–Crippen MR) is 98.6 cm³/mol. The maximum Gasteiger partial charge on any atom is 0.252 e. The van der Waals surface area contributed by atoms with Gasteiger partial charge in [-0.2, -0.15) is 0 Å². The van der Waals surface area contributed by atoms with Gasteiger partial charge in [-0.25, -0.2) is 0 Å². The van der Waals surface area contributed by atoms with E-state index in [0.29, 0.717) is 0 Å². The second-order valence-electron chi connectivity index (χ2n) is 8.92. The van der Waals surface area contributed by atoms with E-state index in [1.165, 1.54) is 11.1 Å². The summed E-state index contributed by atoms with van der Waals surface area (Å²) in [5.74, 6) is 1.32. The standard InChI is InChI=1S/C22H26O3/c1-14-6-8-18-16(10-14)20(2,3)12-22(24-18)13-21(4,5)17-11-15(23)7-9-19(17)25-22/h6-11,23H,12-13H2,1-5H3. The number of rotatable bonds is 0. The third-order valence-electron chi connectivity index (χ3n) is 5.57. The first-order valence-electron chi connectivity index (χ1n) is 8.93. The summed E-state index contributed by atoms with van der Waals surface area (Å²) in [6.07, 6.45) is 1.54. The Morgan fingerprint density at radius 2 is 1.32 bits per heavy atom. The molecule has 2 heterocycles. The van der Waals surface area contributed by atoms with Crippen LogP contribution < -0.4 is 9.47 Å². The largest absolute Gasteiger partial charge is 0.508 e. The van der Waals surface area contributed by atoms with E-state index in [0.717, 1.165) is 29.9 Å². The molecule has 3 heteroatoms. The Labute approximate surface area is 149 Å². The molecule has 2 aliphatic heterocycles. The zero-order valence-corrected chi connectivity index (χ0v) is 15.6. The molecule has 0 bridgehead atoms. The first-order chi connectivity index (χ1) is 11.6. The van der Waals surface area contributed by atoms with Crippen molar-refractivity contribution in [3.8, 4) is 17.2 Å². The van der Waals surface area contributed by atoms with Gasteiger partial charge in [0.1, 0.15) is 17.2 Å². The van der Waals surface area contributed by atoms with Crippen molar-refractivity contribution in [2.24, 2.45) is 0 Å². The monoisotopic (exact) mass is 338 g/mol. The second-order valence-corrected chi connectivity index (χ2v) is 8.92. The van der Waals surface area contributed by atoms with Gasteiger partial charge in [-0.3, -0.25) is 0 Å². The molecule has 0 aromatic heterocycles. The number of aryl methyl sites for hydroxylation is 1. The van der Waals surface area contributed by atoms with Crippen molar-refractivity contribution in [2.45, 2.75) is 64.1 Å². The third-order valence-corrected chi connectivity index (χ3v) is 5.57. The fourth-order valence-corrected chi connectivity index (χ4v) is 4.56. The fraction of sp³-hybridized carbons (Fsp3) is 0.455. The fourth-order valence-electron chi connectivity index (χ4n) is 4.56. The summed E-state index contributed by atoms with van der Waals surface area (Å²) in [4.78, 5) is 0. The van der Waals surface area contributed by atoms with E-state index in [1.54, 1.807) is 6.07 Å². The molecule has 1 atom stereocenters. The lowest BCUT2D eigenvalue weighted by Crippen LogP contribution is -2.55. The Balaban J connectivity index is 1.82. The SMILES string of the molecule is Cc1ccc2c(c1)C(C)(C)CC1(CC(C)(C)c3cc(O)ccc3O1)O2. The Bertz CT molecular complexity index is 777. The summed E-state index contributed by atoms with van der Waals surface area (Å²) >= 11 is 0. The molecule has 132 valence electrons. The Kier molecular flexibility index (Phi) is 3.22. The number of hydrogen-bond acceptors (Lipinski definition) is 3. The van der Waals surface area contributed by atoms with Gasteiger partial charge in [-0.05, 0) is 31.2 Å². The van der Waals surface area contributed by atoms with Crippen molar-refractivity contribution in [2.75, 3.05) is 0 Å². The lowest BCUT2D eigenvalue weighted by Gasteiger charge is -2.51. The van der Waals surface area contributed by atoms with Crippen LogP contribution in [0.5, 0.6) is 17.2 Å². The van der Waals surface area contributed by atoms with E-state index < -0.39 is 5.79 Å². The molecular formula is C22H26O3. The van der Waals surface area contributed by atoms with E-state index in [-0.39, 0.29) is 16.6 Å². The minimum absolute atomic E-state index is 0.0376.